The third-order valence-electron chi connectivity index (χ3n) is 9.82. The van der Waals surface area contributed by atoms with Gasteiger partial charge in [-0.15, -0.1) is 22.7 Å². The molecule has 0 bridgehead atoms. The monoisotopic (exact) mass is 714 g/mol. The van der Waals surface area contributed by atoms with E-state index in [-0.39, 0.29) is 51.9 Å². The van der Waals surface area contributed by atoms with Crippen molar-refractivity contribution in [3.05, 3.63) is 58.5 Å². The number of anilines is 2. The van der Waals surface area contributed by atoms with E-state index in [2.05, 4.69) is 111 Å². The van der Waals surface area contributed by atoms with Crippen LogP contribution in [-0.4, -0.2) is 60.0 Å². The van der Waals surface area contributed by atoms with Crippen molar-refractivity contribution < 1.29 is 4.79 Å². The van der Waals surface area contributed by atoms with Crippen molar-refractivity contribution in [3.8, 4) is 21.1 Å². The molecule has 6 heterocycles. The van der Waals surface area contributed by atoms with E-state index in [0.29, 0.717) is 11.9 Å². The van der Waals surface area contributed by atoms with E-state index in [1.165, 1.54) is 0 Å². The predicted molar refractivity (Wildman–Crippen MR) is 208 cm³/mol. The topological polar surface area (TPSA) is 117 Å². The summed E-state index contributed by atoms with van der Waals surface area (Å²) in [5.41, 5.74) is 1.86. The minimum Gasteiger partial charge on any atom is -0.351 e. The highest BCUT2D eigenvalue weighted by Crippen LogP contribution is 2.38. The summed E-state index contributed by atoms with van der Waals surface area (Å²) >= 11 is 3.27. The van der Waals surface area contributed by atoms with E-state index in [4.69, 9.17) is 9.97 Å². The molecule has 0 amide bonds. The number of thiophene rings is 2. The maximum Gasteiger partial charge on any atom is 0.223 e. The average molecular weight is 715 g/mol. The van der Waals surface area contributed by atoms with E-state index >= 15 is 0 Å². The van der Waals surface area contributed by atoms with Gasteiger partial charge in [-0.05, 0) is 117 Å². The highest BCUT2D eigenvalue weighted by atomic mass is 32.1. The van der Waals surface area contributed by atoms with Gasteiger partial charge < -0.3 is 21.3 Å². The quantitative estimate of drug-likeness (QED) is 0.128. The van der Waals surface area contributed by atoms with Crippen LogP contribution in [0.3, 0.4) is 0 Å². The number of hydrogen-bond acceptors (Lipinski definition) is 11. The fraction of sp³-hybridized carbons (Fsp3) is 0.564. The molecule has 2 fully saturated rings. The molecule has 11 heteroatoms. The maximum atomic E-state index is 13.8. The van der Waals surface area contributed by atoms with E-state index in [0.717, 1.165) is 56.6 Å². The van der Waals surface area contributed by atoms with Crippen LogP contribution in [-0.2, 0) is 4.79 Å². The van der Waals surface area contributed by atoms with Crippen LogP contribution in [0.2, 0.25) is 0 Å². The summed E-state index contributed by atoms with van der Waals surface area (Å²) in [4.78, 5) is 36.8. The number of ketones is 1. The molecule has 4 N–H and O–H groups in total. The lowest BCUT2D eigenvalue weighted by atomic mass is 9.79. The molecule has 2 unspecified atom stereocenters. The molecule has 4 aromatic rings. The Morgan fingerprint density at radius 2 is 1.00 bits per heavy atom. The second-order valence-electron chi connectivity index (χ2n) is 17.1. The van der Waals surface area contributed by atoms with Crippen molar-refractivity contribution >= 4 is 40.4 Å². The highest BCUT2D eigenvalue weighted by molar-refractivity contribution is 7.16. The van der Waals surface area contributed by atoms with Crippen LogP contribution in [0.5, 0.6) is 0 Å². The fourth-order valence-electron chi connectivity index (χ4n) is 8.45. The van der Waals surface area contributed by atoms with Crippen molar-refractivity contribution in [2.45, 2.75) is 141 Å². The number of nitrogens with zero attached hydrogens (tertiary/aromatic N) is 4. The lowest BCUT2D eigenvalue weighted by Gasteiger charge is -2.46. The van der Waals surface area contributed by atoms with Gasteiger partial charge in [-0.3, -0.25) is 4.79 Å². The van der Waals surface area contributed by atoms with Crippen LogP contribution >= 0.6 is 22.7 Å². The van der Waals surface area contributed by atoms with Gasteiger partial charge in [0.1, 0.15) is 5.78 Å². The van der Waals surface area contributed by atoms with E-state index in [1.54, 1.807) is 22.7 Å². The van der Waals surface area contributed by atoms with Crippen LogP contribution in [0, 0.1) is 0 Å². The Kier molecular flexibility index (Phi) is 10.0. The summed E-state index contributed by atoms with van der Waals surface area (Å²) in [6, 6.07) is 12.7. The van der Waals surface area contributed by atoms with Gasteiger partial charge in [0.25, 0.3) is 0 Å². The van der Waals surface area contributed by atoms with Crippen molar-refractivity contribution in [1.29, 1.82) is 0 Å². The Morgan fingerprint density at radius 3 is 1.36 bits per heavy atom. The van der Waals surface area contributed by atoms with Gasteiger partial charge in [0, 0.05) is 68.2 Å². The molecule has 0 spiro atoms. The van der Waals surface area contributed by atoms with Crippen molar-refractivity contribution in [2.75, 3.05) is 10.6 Å². The first-order chi connectivity index (χ1) is 23.4. The molecule has 268 valence electrons. The second kappa shape index (κ2) is 13.7. The zero-order valence-electron chi connectivity index (χ0n) is 31.3. The van der Waals surface area contributed by atoms with Gasteiger partial charge in [0.05, 0.1) is 21.1 Å². The Balaban J connectivity index is 1.10. The predicted octanol–water partition coefficient (Wildman–Crippen LogP) is 8.64. The lowest BCUT2D eigenvalue weighted by molar-refractivity contribution is -0.121. The number of carbonyl (C=O) groups is 1. The summed E-state index contributed by atoms with van der Waals surface area (Å²) in [7, 11) is 0. The molecule has 0 aliphatic carbocycles. The molecule has 4 aromatic heterocycles. The van der Waals surface area contributed by atoms with Crippen LogP contribution in [0.4, 0.5) is 11.9 Å². The summed E-state index contributed by atoms with van der Waals surface area (Å²) in [5, 5.41) is 14.7. The Labute approximate surface area is 306 Å². The molecule has 2 aliphatic heterocycles. The van der Waals surface area contributed by atoms with E-state index in [9.17, 15) is 4.79 Å². The second-order valence-corrected chi connectivity index (χ2v) is 19.3. The van der Waals surface area contributed by atoms with E-state index < -0.39 is 0 Å². The molecule has 50 heavy (non-hydrogen) atoms. The van der Waals surface area contributed by atoms with E-state index in [1.807, 2.05) is 38.4 Å². The molecule has 6 rings (SSSR count). The number of piperidine rings is 2. The minimum absolute atomic E-state index is 0.0310. The molecule has 2 saturated heterocycles. The molecule has 0 radical (unpaired) electrons. The first kappa shape index (κ1) is 36.5. The maximum absolute atomic E-state index is 13.8. The van der Waals surface area contributed by atoms with Gasteiger partial charge >= 0.3 is 0 Å². The molecular formula is C39H54N8OS2. The lowest BCUT2D eigenvalue weighted by Crippen LogP contribution is -2.60. The molecule has 2 atom stereocenters. The summed E-state index contributed by atoms with van der Waals surface area (Å²) in [6.45, 7) is 22.0. The fourth-order valence-corrected chi connectivity index (χ4v) is 10.5. The Bertz CT molecular complexity index is 1660. The number of Topliss-reactive ketones (excluding diaryl/α,β-unsaturated/α-hetero) is 1. The number of rotatable bonds is 10. The van der Waals surface area contributed by atoms with Crippen molar-refractivity contribution in [3.63, 3.8) is 0 Å². The number of nitrogens with one attached hydrogen (secondary N) is 4. The summed E-state index contributed by atoms with van der Waals surface area (Å²) < 4.78 is 0. The van der Waals surface area contributed by atoms with Gasteiger partial charge in [-0.2, -0.15) is 0 Å². The smallest absolute Gasteiger partial charge is 0.223 e. The van der Waals surface area contributed by atoms with Crippen LogP contribution in [0.1, 0.15) is 117 Å². The van der Waals surface area contributed by atoms with Gasteiger partial charge in [0.15, 0.2) is 0 Å². The zero-order valence-corrected chi connectivity index (χ0v) is 32.9. The van der Waals surface area contributed by atoms with Crippen LogP contribution in [0.15, 0.2) is 48.8 Å². The summed E-state index contributed by atoms with van der Waals surface area (Å²) in [5.74, 6) is 1.03. The average Bonchev–Trinajstić information content (AvgIpc) is 3.68. The van der Waals surface area contributed by atoms with Crippen molar-refractivity contribution in [1.82, 2.24) is 30.6 Å². The Hall–Kier alpha value is -3.25. The standard InChI is InChI=1S/C39H54N8OS2/c1-23(29-11-13-31(49-29)27-15-17-40-34(44-27)42-25-19-36(3,4)46-37(5,6)20-25)33(48)24(2)30-12-14-32(50-30)28-16-18-41-35(45-28)43-26-21-38(7,8)47-39(9,10)22-26/h11-18,23-26,46-47H,19-22H2,1-10H3,(H,40,42,44)(H,41,43,45). The third kappa shape index (κ3) is 8.78. The normalized spacial score (nSPS) is 21.3. The first-order valence-corrected chi connectivity index (χ1v) is 19.5. The number of carbonyl (C=O) groups excluding carboxylic acids is 1. The zero-order chi connectivity index (χ0) is 36.1. The largest absolute Gasteiger partial charge is 0.351 e. The van der Waals surface area contributed by atoms with Gasteiger partial charge in [-0.1, -0.05) is 13.8 Å². The van der Waals surface area contributed by atoms with Crippen LogP contribution < -0.4 is 21.3 Å². The Morgan fingerprint density at radius 1 is 0.640 bits per heavy atom. The molecule has 0 aromatic carbocycles. The molecule has 9 nitrogen and oxygen atoms in total. The third-order valence-corrected chi connectivity index (χ3v) is 12.4. The number of hydrogen-bond donors (Lipinski definition) is 4. The molecular weight excluding hydrogens is 661 g/mol. The first-order valence-electron chi connectivity index (χ1n) is 17.9. The highest BCUT2D eigenvalue weighted by Gasteiger charge is 2.39. The number of aromatic nitrogens is 4. The SMILES string of the molecule is CC(C(=O)C(C)c1ccc(-c2ccnc(NC3CC(C)(C)NC(C)(C)C3)n2)s1)c1ccc(-c2ccnc(NC3CC(C)(C)NC(C)(C)C3)n2)s1. The molecule has 0 saturated carbocycles. The summed E-state index contributed by atoms with van der Waals surface area (Å²) in [6.07, 6.45) is 7.59. The minimum atomic E-state index is -0.235. The van der Waals surface area contributed by atoms with Gasteiger partial charge in [0.2, 0.25) is 11.9 Å². The van der Waals surface area contributed by atoms with Gasteiger partial charge in [-0.25, -0.2) is 19.9 Å². The van der Waals surface area contributed by atoms with Crippen LogP contribution in [0.25, 0.3) is 21.1 Å². The molecule has 2 aliphatic rings. The van der Waals surface area contributed by atoms with Crippen molar-refractivity contribution in [2.24, 2.45) is 0 Å².